The number of hydrogen-bond donors (Lipinski definition) is 1. The molecule has 144 valence electrons. The minimum atomic E-state index is 0.00303. The Kier molecular flexibility index (Phi) is 7.79. The Balaban J connectivity index is 1.37. The maximum atomic E-state index is 12.0. The molecule has 0 aliphatic carbocycles. The van der Waals surface area contributed by atoms with E-state index in [1.165, 1.54) is 24.6 Å². The van der Waals surface area contributed by atoms with Gasteiger partial charge in [0.2, 0.25) is 5.91 Å². The van der Waals surface area contributed by atoms with Gasteiger partial charge in [-0.3, -0.25) is 9.69 Å². The first kappa shape index (κ1) is 19.7. The zero-order valence-electron chi connectivity index (χ0n) is 15.0. The first-order chi connectivity index (χ1) is 12.7. The number of carbonyl (C=O) groups is 1. The maximum absolute atomic E-state index is 12.0. The highest BCUT2D eigenvalue weighted by atomic mass is 35.5. The number of amides is 1. The first-order valence-electron chi connectivity index (χ1n) is 9.20. The number of rotatable bonds is 8. The predicted molar refractivity (Wildman–Crippen MR) is 104 cm³/mol. The van der Waals surface area contributed by atoms with Gasteiger partial charge in [0.05, 0.1) is 19.0 Å². The summed E-state index contributed by atoms with van der Waals surface area (Å²) in [5.41, 5.74) is 0. The fraction of sp³-hybridized carbons (Fsp3) is 0.706. The Hall–Kier alpha value is -1.09. The largest absolute Gasteiger partial charge is 0.379 e. The number of nitrogens with zero attached hydrogens (tertiary/aromatic N) is 4. The lowest BCUT2D eigenvalue weighted by atomic mass is 10.3. The molecule has 1 N–H and O–H groups in total. The summed E-state index contributed by atoms with van der Waals surface area (Å²) in [4.78, 5) is 25.4. The fourth-order valence-corrected chi connectivity index (χ4v) is 4.01. The van der Waals surface area contributed by atoms with Crippen molar-refractivity contribution in [3.63, 3.8) is 0 Å². The van der Waals surface area contributed by atoms with Gasteiger partial charge >= 0.3 is 0 Å². The van der Waals surface area contributed by atoms with Crippen LogP contribution < -0.4 is 10.2 Å². The second kappa shape index (κ2) is 10.3. The minimum Gasteiger partial charge on any atom is -0.379 e. The second-order valence-corrected chi connectivity index (χ2v) is 7.80. The molecule has 0 atom stereocenters. The van der Waals surface area contributed by atoms with Gasteiger partial charge in [-0.05, 0) is 25.8 Å². The lowest BCUT2D eigenvalue weighted by Gasteiger charge is -2.26. The van der Waals surface area contributed by atoms with Crippen molar-refractivity contribution in [3.05, 3.63) is 11.2 Å². The molecule has 7 nitrogen and oxygen atoms in total. The molecule has 2 aliphatic heterocycles. The van der Waals surface area contributed by atoms with Crippen molar-refractivity contribution in [2.75, 3.05) is 63.1 Å². The number of carbonyl (C=O) groups excluding carboxylic acids is 1. The molecule has 0 bridgehead atoms. The smallest absolute Gasteiger partial charge is 0.230 e. The molecular weight excluding hydrogens is 374 g/mol. The van der Waals surface area contributed by atoms with Gasteiger partial charge in [-0.1, -0.05) is 23.4 Å². The summed E-state index contributed by atoms with van der Waals surface area (Å²) in [7, 11) is 0. The summed E-state index contributed by atoms with van der Waals surface area (Å²) in [6.07, 6.45) is 3.30. The molecule has 0 unspecified atom stereocenters. The van der Waals surface area contributed by atoms with Crippen molar-refractivity contribution in [2.24, 2.45) is 0 Å². The molecule has 3 rings (SSSR count). The van der Waals surface area contributed by atoms with Crippen molar-refractivity contribution in [1.82, 2.24) is 20.2 Å². The van der Waals surface area contributed by atoms with Crippen LogP contribution in [-0.4, -0.2) is 79.0 Å². The summed E-state index contributed by atoms with van der Waals surface area (Å²) < 4.78 is 5.33. The second-order valence-electron chi connectivity index (χ2n) is 6.47. The van der Waals surface area contributed by atoms with Crippen LogP contribution in [0.3, 0.4) is 0 Å². The van der Waals surface area contributed by atoms with Gasteiger partial charge in [-0.2, -0.15) is 0 Å². The van der Waals surface area contributed by atoms with E-state index in [0.29, 0.717) is 22.6 Å². The number of ether oxygens (including phenoxy) is 1. The molecule has 1 aromatic rings. The Bertz CT molecular complexity index is 595. The number of morpholine rings is 1. The van der Waals surface area contributed by atoms with E-state index in [1.807, 2.05) is 0 Å². The van der Waals surface area contributed by atoms with E-state index in [9.17, 15) is 4.79 Å². The van der Waals surface area contributed by atoms with E-state index in [-0.39, 0.29) is 5.91 Å². The van der Waals surface area contributed by atoms with E-state index in [1.54, 1.807) is 6.07 Å². The summed E-state index contributed by atoms with van der Waals surface area (Å²) in [5, 5.41) is 3.94. The van der Waals surface area contributed by atoms with Crippen LogP contribution in [0.2, 0.25) is 5.15 Å². The van der Waals surface area contributed by atoms with E-state index >= 15 is 0 Å². The van der Waals surface area contributed by atoms with Gasteiger partial charge < -0.3 is 15.0 Å². The molecule has 0 radical (unpaired) electrons. The van der Waals surface area contributed by atoms with Crippen LogP contribution in [-0.2, 0) is 9.53 Å². The van der Waals surface area contributed by atoms with Gasteiger partial charge in [-0.25, -0.2) is 9.97 Å². The highest BCUT2D eigenvalue weighted by Gasteiger charge is 2.16. The van der Waals surface area contributed by atoms with Crippen molar-refractivity contribution < 1.29 is 9.53 Å². The molecule has 0 saturated carbocycles. The van der Waals surface area contributed by atoms with Gasteiger partial charge in [0.1, 0.15) is 11.0 Å². The number of aromatic nitrogens is 2. The van der Waals surface area contributed by atoms with Crippen LogP contribution in [0.15, 0.2) is 11.2 Å². The summed E-state index contributed by atoms with van der Waals surface area (Å²) in [6.45, 7) is 7.26. The quantitative estimate of drug-likeness (QED) is 0.308. The molecule has 1 amide bonds. The average Bonchev–Trinajstić information content (AvgIpc) is 3.19. The van der Waals surface area contributed by atoms with E-state index in [2.05, 4.69) is 25.1 Å². The van der Waals surface area contributed by atoms with Gasteiger partial charge in [-0.15, -0.1) is 0 Å². The third kappa shape index (κ3) is 6.26. The number of thioether (sulfide) groups is 1. The Morgan fingerprint density at radius 1 is 1.23 bits per heavy atom. The van der Waals surface area contributed by atoms with Crippen LogP contribution in [0.25, 0.3) is 0 Å². The zero-order valence-corrected chi connectivity index (χ0v) is 16.5. The van der Waals surface area contributed by atoms with Crippen LogP contribution in [0.5, 0.6) is 0 Å². The van der Waals surface area contributed by atoms with Gasteiger partial charge in [0.25, 0.3) is 0 Å². The van der Waals surface area contributed by atoms with Crippen LogP contribution in [0, 0.1) is 0 Å². The lowest BCUT2D eigenvalue weighted by Crippen LogP contribution is -2.38. The third-order valence-corrected chi connectivity index (χ3v) is 5.54. The zero-order chi connectivity index (χ0) is 18.2. The Morgan fingerprint density at radius 3 is 2.77 bits per heavy atom. The Labute approximate surface area is 163 Å². The molecule has 0 spiro atoms. The average molecular weight is 400 g/mol. The van der Waals surface area contributed by atoms with E-state index in [4.69, 9.17) is 16.3 Å². The number of halogens is 1. The normalized spacial score (nSPS) is 18.3. The van der Waals surface area contributed by atoms with E-state index < -0.39 is 0 Å². The van der Waals surface area contributed by atoms with Crippen LogP contribution in [0.4, 0.5) is 5.82 Å². The van der Waals surface area contributed by atoms with Crippen LogP contribution >= 0.6 is 23.4 Å². The number of nitrogens with one attached hydrogen (secondary N) is 1. The molecule has 2 fully saturated rings. The van der Waals surface area contributed by atoms with Crippen molar-refractivity contribution in [2.45, 2.75) is 24.4 Å². The molecular formula is C17H26ClN5O2S. The minimum absolute atomic E-state index is 0.00303. The number of anilines is 1. The summed E-state index contributed by atoms with van der Waals surface area (Å²) in [6, 6.07) is 1.79. The van der Waals surface area contributed by atoms with Crippen molar-refractivity contribution in [3.8, 4) is 0 Å². The topological polar surface area (TPSA) is 70.6 Å². The molecule has 2 aliphatic rings. The lowest BCUT2D eigenvalue weighted by molar-refractivity contribution is -0.118. The number of hydrogen-bond acceptors (Lipinski definition) is 7. The highest BCUT2D eigenvalue weighted by Crippen LogP contribution is 2.24. The molecule has 9 heteroatoms. The van der Waals surface area contributed by atoms with E-state index in [0.717, 1.165) is 58.2 Å². The standard InChI is InChI=1S/C17H26ClN5O2S/c18-14-12-15(23-6-1-2-7-23)21-17(20-14)26-13-16(24)19-4-3-5-22-8-10-25-11-9-22/h12H,1-11,13H2,(H,19,24). The van der Waals surface area contributed by atoms with Gasteiger partial charge in [0.15, 0.2) is 5.16 Å². The van der Waals surface area contributed by atoms with Crippen LogP contribution in [0.1, 0.15) is 19.3 Å². The SMILES string of the molecule is O=C(CSc1nc(Cl)cc(N2CCCC2)n1)NCCCN1CCOCC1. The molecule has 26 heavy (non-hydrogen) atoms. The monoisotopic (exact) mass is 399 g/mol. The summed E-state index contributed by atoms with van der Waals surface area (Å²) in [5.74, 6) is 1.16. The molecule has 1 aromatic heterocycles. The maximum Gasteiger partial charge on any atom is 0.230 e. The third-order valence-electron chi connectivity index (χ3n) is 4.50. The molecule has 2 saturated heterocycles. The van der Waals surface area contributed by atoms with Gasteiger partial charge in [0, 0.05) is 38.8 Å². The summed E-state index contributed by atoms with van der Waals surface area (Å²) >= 11 is 7.44. The Morgan fingerprint density at radius 2 is 2.00 bits per heavy atom. The van der Waals surface area contributed by atoms with Crippen molar-refractivity contribution >= 4 is 35.1 Å². The first-order valence-corrected chi connectivity index (χ1v) is 10.6. The predicted octanol–water partition coefficient (Wildman–Crippen LogP) is 1.66. The molecule has 0 aromatic carbocycles. The molecule has 3 heterocycles. The fourth-order valence-electron chi connectivity index (χ4n) is 3.09. The highest BCUT2D eigenvalue weighted by molar-refractivity contribution is 7.99. The van der Waals surface area contributed by atoms with Crippen molar-refractivity contribution in [1.29, 1.82) is 0 Å².